The summed E-state index contributed by atoms with van der Waals surface area (Å²) < 4.78 is 0. The molecule has 0 saturated carbocycles. The predicted octanol–water partition coefficient (Wildman–Crippen LogP) is 2.53. The Hall–Kier alpha value is -2.36. The largest absolute Gasteiger partial charge is 0.399 e. The first-order valence-electron chi connectivity index (χ1n) is 5.65. The van der Waals surface area contributed by atoms with Crippen molar-refractivity contribution in [3.05, 3.63) is 53.3 Å². The second-order valence-corrected chi connectivity index (χ2v) is 4.28. The standard InChI is InChI=1S/C14H15N3O/c1-9-5-11(8-16-7-9)14(18)17-12-3-4-13(15)10(2)6-12/h3-8H,15H2,1-2H3,(H,17,18). The average Bonchev–Trinajstić information content (AvgIpc) is 2.34. The maximum absolute atomic E-state index is 12.0. The summed E-state index contributed by atoms with van der Waals surface area (Å²) in [6.45, 7) is 3.80. The minimum Gasteiger partial charge on any atom is -0.399 e. The van der Waals surface area contributed by atoms with E-state index in [1.165, 1.54) is 0 Å². The van der Waals surface area contributed by atoms with Gasteiger partial charge in [0.05, 0.1) is 5.56 Å². The monoisotopic (exact) mass is 241 g/mol. The number of aromatic nitrogens is 1. The highest BCUT2D eigenvalue weighted by atomic mass is 16.1. The molecule has 2 rings (SSSR count). The lowest BCUT2D eigenvalue weighted by atomic mass is 10.1. The van der Waals surface area contributed by atoms with E-state index < -0.39 is 0 Å². The summed E-state index contributed by atoms with van der Waals surface area (Å²) in [5.74, 6) is -0.171. The lowest BCUT2D eigenvalue weighted by molar-refractivity contribution is 0.102. The molecule has 3 N–H and O–H groups in total. The normalized spacial score (nSPS) is 10.1. The number of hydrogen-bond donors (Lipinski definition) is 2. The number of pyridine rings is 1. The van der Waals surface area contributed by atoms with Gasteiger partial charge in [0.2, 0.25) is 0 Å². The van der Waals surface area contributed by atoms with Crippen LogP contribution in [0.5, 0.6) is 0 Å². The highest BCUT2D eigenvalue weighted by molar-refractivity contribution is 6.04. The van der Waals surface area contributed by atoms with Crippen molar-refractivity contribution in [2.45, 2.75) is 13.8 Å². The third-order valence-electron chi connectivity index (χ3n) is 2.66. The van der Waals surface area contributed by atoms with Gasteiger partial charge in [-0.2, -0.15) is 0 Å². The second-order valence-electron chi connectivity index (χ2n) is 4.28. The third-order valence-corrected chi connectivity index (χ3v) is 2.66. The van der Waals surface area contributed by atoms with Gasteiger partial charge in [0.15, 0.2) is 0 Å². The molecule has 0 saturated heterocycles. The first-order valence-corrected chi connectivity index (χ1v) is 5.65. The summed E-state index contributed by atoms with van der Waals surface area (Å²) in [6.07, 6.45) is 3.26. The van der Waals surface area contributed by atoms with Crippen LogP contribution in [0.1, 0.15) is 21.5 Å². The minimum absolute atomic E-state index is 0.171. The van der Waals surface area contributed by atoms with Crippen LogP contribution < -0.4 is 11.1 Å². The van der Waals surface area contributed by atoms with Crippen molar-refractivity contribution in [1.82, 2.24) is 4.98 Å². The number of hydrogen-bond acceptors (Lipinski definition) is 3. The van der Waals surface area contributed by atoms with E-state index >= 15 is 0 Å². The van der Waals surface area contributed by atoms with Gasteiger partial charge in [-0.25, -0.2) is 0 Å². The Kier molecular flexibility index (Phi) is 3.28. The van der Waals surface area contributed by atoms with Gasteiger partial charge in [-0.15, -0.1) is 0 Å². The third kappa shape index (κ3) is 2.66. The van der Waals surface area contributed by atoms with Crippen LogP contribution in [-0.4, -0.2) is 10.9 Å². The van der Waals surface area contributed by atoms with Crippen LogP contribution in [0.4, 0.5) is 11.4 Å². The molecule has 1 heterocycles. The minimum atomic E-state index is -0.171. The maximum Gasteiger partial charge on any atom is 0.257 e. The molecule has 0 unspecified atom stereocenters. The van der Waals surface area contributed by atoms with Crippen LogP contribution in [0.3, 0.4) is 0 Å². The van der Waals surface area contributed by atoms with Gasteiger partial charge in [-0.05, 0) is 49.2 Å². The Morgan fingerprint density at radius 1 is 1.22 bits per heavy atom. The fraction of sp³-hybridized carbons (Fsp3) is 0.143. The molecule has 0 bridgehead atoms. The summed E-state index contributed by atoms with van der Waals surface area (Å²) in [4.78, 5) is 16.0. The van der Waals surface area contributed by atoms with Crippen molar-refractivity contribution >= 4 is 17.3 Å². The Morgan fingerprint density at radius 3 is 2.67 bits per heavy atom. The number of nitrogens with two attached hydrogens (primary N) is 1. The summed E-state index contributed by atoms with van der Waals surface area (Å²) in [5.41, 5.74) is 9.61. The fourth-order valence-electron chi connectivity index (χ4n) is 1.64. The number of nitrogens with one attached hydrogen (secondary N) is 1. The number of amides is 1. The van der Waals surface area contributed by atoms with Crippen LogP contribution in [-0.2, 0) is 0 Å². The maximum atomic E-state index is 12.0. The van der Waals surface area contributed by atoms with Crippen molar-refractivity contribution in [1.29, 1.82) is 0 Å². The van der Waals surface area contributed by atoms with E-state index in [4.69, 9.17) is 5.73 Å². The van der Waals surface area contributed by atoms with Crippen molar-refractivity contribution in [2.24, 2.45) is 0 Å². The summed E-state index contributed by atoms with van der Waals surface area (Å²) in [5, 5.41) is 2.82. The molecule has 1 aromatic carbocycles. The van der Waals surface area contributed by atoms with Crippen LogP contribution in [0, 0.1) is 13.8 Å². The number of nitrogens with zero attached hydrogens (tertiary/aromatic N) is 1. The molecule has 0 aliphatic carbocycles. The Balaban J connectivity index is 2.18. The average molecular weight is 241 g/mol. The van der Waals surface area contributed by atoms with Crippen LogP contribution >= 0.6 is 0 Å². The van der Waals surface area contributed by atoms with Crippen molar-refractivity contribution in [3.8, 4) is 0 Å². The van der Waals surface area contributed by atoms with Crippen molar-refractivity contribution < 1.29 is 4.79 Å². The van der Waals surface area contributed by atoms with E-state index in [2.05, 4.69) is 10.3 Å². The quantitative estimate of drug-likeness (QED) is 0.794. The molecule has 0 atom stereocenters. The lowest BCUT2D eigenvalue weighted by Gasteiger charge is -2.07. The first kappa shape index (κ1) is 12.1. The Morgan fingerprint density at radius 2 is 2.00 bits per heavy atom. The molecule has 1 amide bonds. The summed E-state index contributed by atoms with van der Waals surface area (Å²) in [7, 11) is 0. The molecule has 92 valence electrons. The Labute approximate surface area is 106 Å². The number of aryl methyl sites for hydroxylation is 2. The smallest absolute Gasteiger partial charge is 0.257 e. The molecule has 0 radical (unpaired) electrons. The molecular formula is C14H15N3O. The van der Waals surface area contributed by atoms with Crippen LogP contribution in [0.15, 0.2) is 36.7 Å². The van der Waals surface area contributed by atoms with E-state index in [9.17, 15) is 4.79 Å². The highest BCUT2D eigenvalue weighted by Crippen LogP contribution is 2.17. The van der Waals surface area contributed by atoms with E-state index in [1.807, 2.05) is 19.9 Å². The first-order chi connectivity index (χ1) is 8.56. The number of nitrogen functional groups attached to an aromatic ring is 1. The predicted molar refractivity (Wildman–Crippen MR) is 72.5 cm³/mol. The molecule has 0 aliphatic heterocycles. The topological polar surface area (TPSA) is 68.0 Å². The molecule has 2 aromatic rings. The highest BCUT2D eigenvalue weighted by Gasteiger charge is 2.07. The molecule has 1 aromatic heterocycles. The zero-order valence-corrected chi connectivity index (χ0v) is 10.4. The number of benzene rings is 1. The van der Waals surface area contributed by atoms with E-state index in [0.29, 0.717) is 11.3 Å². The van der Waals surface area contributed by atoms with Crippen molar-refractivity contribution in [2.75, 3.05) is 11.1 Å². The Bertz CT molecular complexity index is 593. The van der Waals surface area contributed by atoms with Gasteiger partial charge in [0.1, 0.15) is 0 Å². The zero-order chi connectivity index (χ0) is 13.1. The van der Waals surface area contributed by atoms with Crippen LogP contribution in [0.2, 0.25) is 0 Å². The molecule has 4 nitrogen and oxygen atoms in total. The molecule has 0 spiro atoms. The van der Waals surface area contributed by atoms with Gasteiger partial charge in [0.25, 0.3) is 5.91 Å². The number of carbonyl (C=O) groups is 1. The van der Waals surface area contributed by atoms with Gasteiger partial charge >= 0.3 is 0 Å². The van der Waals surface area contributed by atoms with Crippen LogP contribution in [0.25, 0.3) is 0 Å². The summed E-state index contributed by atoms with van der Waals surface area (Å²) >= 11 is 0. The molecule has 18 heavy (non-hydrogen) atoms. The molecule has 0 fully saturated rings. The molecular weight excluding hydrogens is 226 g/mol. The van der Waals surface area contributed by atoms with Gasteiger partial charge < -0.3 is 11.1 Å². The fourth-order valence-corrected chi connectivity index (χ4v) is 1.64. The van der Waals surface area contributed by atoms with Gasteiger partial charge in [0, 0.05) is 23.8 Å². The number of anilines is 2. The van der Waals surface area contributed by atoms with Gasteiger partial charge in [-0.1, -0.05) is 0 Å². The number of carbonyl (C=O) groups excluding carboxylic acids is 1. The SMILES string of the molecule is Cc1cncc(C(=O)Nc2ccc(N)c(C)c2)c1. The zero-order valence-electron chi connectivity index (χ0n) is 10.4. The van der Waals surface area contributed by atoms with Gasteiger partial charge in [-0.3, -0.25) is 9.78 Å². The van der Waals surface area contributed by atoms with E-state index in [0.717, 1.165) is 16.8 Å². The van der Waals surface area contributed by atoms with Crippen molar-refractivity contribution in [3.63, 3.8) is 0 Å². The molecule has 0 aliphatic rings. The van der Waals surface area contributed by atoms with E-state index in [-0.39, 0.29) is 5.91 Å². The summed E-state index contributed by atoms with van der Waals surface area (Å²) in [6, 6.07) is 7.20. The molecule has 4 heteroatoms. The second kappa shape index (κ2) is 4.87. The number of rotatable bonds is 2. The lowest BCUT2D eigenvalue weighted by Crippen LogP contribution is -2.12. The van der Waals surface area contributed by atoms with E-state index in [1.54, 1.807) is 30.6 Å².